The molecule has 0 saturated heterocycles. The molecule has 0 aliphatic carbocycles. The summed E-state index contributed by atoms with van der Waals surface area (Å²) in [5.74, 6) is 0.817. The van der Waals surface area contributed by atoms with Crippen molar-refractivity contribution in [2.75, 3.05) is 0 Å². The number of benzene rings is 2. The minimum Gasteiger partial charge on any atom is -0.489 e. The molecular weight excluding hydrogens is 372 g/mol. The summed E-state index contributed by atoms with van der Waals surface area (Å²) in [6.45, 7) is 4.35. The van der Waals surface area contributed by atoms with Gasteiger partial charge in [0.15, 0.2) is 0 Å². The quantitative estimate of drug-likeness (QED) is 0.689. The van der Waals surface area contributed by atoms with Gasteiger partial charge in [0.05, 0.1) is 5.69 Å². The maximum absolute atomic E-state index is 12.1. The molecule has 6 nitrogen and oxygen atoms in total. The van der Waals surface area contributed by atoms with Crippen LogP contribution in [0.2, 0.25) is 0 Å². The molecule has 0 bridgehead atoms. The Labute approximate surface area is 147 Å². The fraction of sp³-hybridized carbons (Fsp3) is 0.235. The van der Waals surface area contributed by atoms with E-state index >= 15 is 0 Å². The summed E-state index contributed by atoms with van der Waals surface area (Å²) in [4.78, 5) is 12.1. The Bertz CT molecular complexity index is 946. The van der Waals surface area contributed by atoms with Gasteiger partial charge < -0.3 is 4.74 Å². The molecule has 0 N–H and O–H groups in total. The lowest BCUT2D eigenvalue weighted by molar-refractivity contribution is 0.303. The summed E-state index contributed by atoms with van der Waals surface area (Å²) in [5, 5.41) is 7.66. The zero-order valence-corrected chi connectivity index (χ0v) is 15.2. The van der Waals surface area contributed by atoms with Crippen LogP contribution in [0, 0.1) is 13.8 Å². The Balaban J connectivity index is 1.91. The van der Waals surface area contributed by atoms with Gasteiger partial charge in [-0.2, -0.15) is 9.36 Å². The molecule has 1 heterocycles. The van der Waals surface area contributed by atoms with E-state index in [-0.39, 0.29) is 5.69 Å². The highest BCUT2D eigenvalue weighted by Gasteiger charge is 2.12. The minimum atomic E-state index is -0.293. The summed E-state index contributed by atoms with van der Waals surface area (Å²) in [5.41, 5.74) is 3.39. The van der Waals surface area contributed by atoms with E-state index in [2.05, 4.69) is 26.4 Å². The monoisotopic (exact) mass is 388 g/mol. The summed E-state index contributed by atoms with van der Waals surface area (Å²) in [6, 6.07) is 11.5. The number of aryl methyl sites for hydroxylation is 3. The molecule has 3 rings (SSSR count). The van der Waals surface area contributed by atoms with Crippen LogP contribution in [0.4, 0.5) is 0 Å². The number of halogens is 1. The van der Waals surface area contributed by atoms with Crippen LogP contribution in [0.3, 0.4) is 0 Å². The molecule has 0 radical (unpaired) electrons. The Morgan fingerprint density at radius 3 is 2.58 bits per heavy atom. The summed E-state index contributed by atoms with van der Waals surface area (Å²) in [7, 11) is 1.57. The van der Waals surface area contributed by atoms with Crippen LogP contribution < -0.4 is 10.4 Å². The molecule has 0 amide bonds. The molecule has 0 spiro atoms. The van der Waals surface area contributed by atoms with Crippen molar-refractivity contribution in [2.45, 2.75) is 20.5 Å². The first-order valence-corrected chi connectivity index (χ1v) is 8.23. The van der Waals surface area contributed by atoms with E-state index in [1.807, 2.05) is 50.2 Å². The summed E-state index contributed by atoms with van der Waals surface area (Å²) >= 11 is 3.52. The molecule has 0 aliphatic heterocycles. The molecule has 0 saturated carbocycles. The minimum absolute atomic E-state index is 0.293. The van der Waals surface area contributed by atoms with Crippen molar-refractivity contribution in [1.82, 2.24) is 19.8 Å². The smallest absolute Gasteiger partial charge is 0.368 e. The van der Waals surface area contributed by atoms with Crippen molar-refractivity contribution >= 4 is 15.9 Å². The highest BCUT2D eigenvalue weighted by atomic mass is 79.9. The molecule has 0 aliphatic rings. The third-order valence-electron chi connectivity index (χ3n) is 3.78. The predicted octanol–water partition coefficient (Wildman–Crippen LogP) is 2.92. The van der Waals surface area contributed by atoms with Gasteiger partial charge in [0.2, 0.25) is 0 Å². The van der Waals surface area contributed by atoms with Crippen LogP contribution in [0.1, 0.15) is 16.7 Å². The maximum atomic E-state index is 12.1. The van der Waals surface area contributed by atoms with Crippen LogP contribution in [-0.4, -0.2) is 19.8 Å². The Morgan fingerprint density at radius 2 is 1.88 bits per heavy atom. The van der Waals surface area contributed by atoms with Gasteiger partial charge in [0.1, 0.15) is 12.4 Å². The number of rotatable bonds is 4. The Hall–Kier alpha value is -2.41. The van der Waals surface area contributed by atoms with E-state index < -0.39 is 0 Å². The third kappa shape index (κ3) is 3.12. The second kappa shape index (κ2) is 6.60. The molecule has 0 fully saturated rings. The van der Waals surface area contributed by atoms with Crippen LogP contribution in [0.5, 0.6) is 5.75 Å². The van der Waals surface area contributed by atoms with Crippen LogP contribution in [0.25, 0.3) is 5.69 Å². The molecule has 24 heavy (non-hydrogen) atoms. The highest BCUT2D eigenvalue weighted by molar-refractivity contribution is 9.10. The summed E-state index contributed by atoms with van der Waals surface area (Å²) < 4.78 is 9.50. The average Bonchev–Trinajstić information content (AvgIpc) is 2.89. The predicted molar refractivity (Wildman–Crippen MR) is 94.5 cm³/mol. The topological polar surface area (TPSA) is 61.9 Å². The van der Waals surface area contributed by atoms with Gasteiger partial charge in [-0.1, -0.05) is 34.1 Å². The fourth-order valence-corrected chi connectivity index (χ4v) is 2.83. The van der Waals surface area contributed by atoms with E-state index in [9.17, 15) is 4.79 Å². The second-order valence-electron chi connectivity index (χ2n) is 5.58. The van der Waals surface area contributed by atoms with Crippen molar-refractivity contribution in [3.63, 3.8) is 0 Å². The second-order valence-corrected chi connectivity index (χ2v) is 6.44. The summed E-state index contributed by atoms with van der Waals surface area (Å²) in [6.07, 6.45) is 0. The zero-order valence-electron chi connectivity index (χ0n) is 13.7. The number of nitrogens with zero attached hydrogens (tertiary/aromatic N) is 4. The van der Waals surface area contributed by atoms with Crippen molar-refractivity contribution in [3.8, 4) is 11.4 Å². The number of hydrogen-bond donors (Lipinski definition) is 0. The van der Waals surface area contributed by atoms with E-state index in [0.29, 0.717) is 12.3 Å². The molecule has 124 valence electrons. The van der Waals surface area contributed by atoms with Gasteiger partial charge in [0, 0.05) is 17.1 Å². The molecule has 7 heteroatoms. The van der Waals surface area contributed by atoms with Crippen LogP contribution >= 0.6 is 15.9 Å². The van der Waals surface area contributed by atoms with Crippen molar-refractivity contribution in [1.29, 1.82) is 0 Å². The lowest BCUT2D eigenvalue weighted by Crippen LogP contribution is -2.23. The number of ether oxygens (including phenoxy) is 1. The Morgan fingerprint density at radius 1 is 1.12 bits per heavy atom. The Kier molecular flexibility index (Phi) is 4.53. The average molecular weight is 389 g/mol. The molecule has 2 aromatic carbocycles. The number of hydrogen-bond acceptors (Lipinski definition) is 4. The van der Waals surface area contributed by atoms with Gasteiger partial charge >= 0.3 is 5.69 Å². The highest BCUT2D eigenvalue weighted by Crippen LogP contribution is 2.27. The van der Waals surface area contributed by atoms with Crippen molar-refractivity contribution in [3.05, 3.63) is 68.0 Å². The number of tetrazole rings is 1. The standard InChI is InChI=1S/C17H17BrN4O2/c1-11-9-16(12(2)8-14(11)18)24-10-13-6-4-5-7-15(13)22-17(23)21(3)19-20-22/h4-9H,10H2,1-3H3. The van der Waals surface area contributed by atoms with Crippen LogP contribution in [0.15, 0.2) is 45.7 Å². The molecule has 0 atom stereocenters. The number of aromatic nitrogens is 4. The molecule has 0 unspecified atom stereocenters. The van der Waals surface area contributed by atoms with Crippen LogP contribution in [-0.2, 0) is 13.7 Å². The third-order valence-corrected chi connectivity index (χ3v) is 4.64. The van der Waals surface area contributed by atoms with Gasteiger partial charge in [-0.25, -0.2) is 4.79 Å². The van der Waals surface area contributed by atoms with Gasteiger partial charge in [-0.05, 0) is 53.6 Å². The van der Waals surface area contributed by atoms with E-state index in [0.717, 1.165) is 26.9 Å². The van der Waals surface area contributed by atoms with Crippen molar-refractivity contribution in [2.24, 2.45) is 7.05 Å². The number of para-hydroxylation sites is 1. The first-order chi connectivity index (χ1) is 11.5. The SMILES string of the molecule is Cc1cc(OCc2ccccc2-n2nnn(C)c2=O)c(C)cc1Br. The van der Waals surface area contributed by atoms with Gasteiger partial charge in [-0.3, -0.25) is 0 Å². The molecule has 3 aromatic rings. The lowest BCUT2D eigenvalue weighted by Gasteiger charge is -2.13. The van der Waals surface area contributed by atoms with Gasteiger partial charge in [-0.15, -0.1) is 0 Å². The molecular formula is C17H17BrN4O2. The first kappa shape index (κ1) is 16.4. The van der Waals surface area contributed by atoms with Gasteiger partial charge in [0.25, 0.3) is 0 Å². The van der Waals surface area contributed by atoms with E-state index in [4.69, 9.17) is 4.74 Å². The first-order valence-electron chi connectivity index (χ1n) is 7.44. The van der Waals surface area contributed by atoms with Crippen molar-refractivity contribution < 1.29 is 4.74 Å². The lowest BCUT2D eigenvalue weighted by atomic mass is 10.1. The zero-order chi connectivity index (χ0) is 17.3. The maximum Gasteiger partial charge on any atom is 0.368 e. The largest absolute Gasteiger partial charge is 0.489 e. The normalized spacial score (nSPS) is 10.8. The van der Waals surface area contributed by atoms with E-state index in [1.165, 1.54) is 9.36 Å². The fourth-order valence-electron chi connectivity index (χ4n) is 2.37. The molecule has 1 aromatic heterocycles. The van der Waals surface area contributed by atoms with E-state index in [1.54, 1.807) is 7.05 Å².